The van der Waals surface area contributed by atoms with Crippen molar-refractivity contribution >= 4 is 27.5 Å². The van der Waals surface area contributed by atoms with Gasteiger partial charge in [-0.2, -0.15) is 0 Å². The van der Waals surface area contributed by atoms with E-state index in [9.17, 15) is 18.0 Å². The van der Waals surface area contributed by atoms with Crippen LogP contribution in [0.3, 0.4) is 0 Å². The Morgan fingerprint density at radius 1 is 1.15 bits per heavy atom. The van der Waals surface area contributed by atoms with E-state index in [1.165, 1.54) is 31.2 Å². The van der Waals surface area contributed by atoms with Gasteiger partial charge in [0.05, 0.1) is 11.9 Å². The molecule has 1 N–H and O–H groups in total. The summed E-state index contributed by atoms with van der Waals surface area (Å²) in [5.41, 5.74) is 1.26. The number of carbonyl (C=O) groups excluding carboxylic acids is 2. The molecule has 0 aliphatic rings. The van der Waals surface area contributed by atoms with Crippen molar-refractivity contribution in [1.29, 1.82) is 0 Å². The van der Waals surface area contributed by atoms with E-state index in [1.54, 1.807) is 6.92 Å². The first-order chi connectivity index (χ1) is 12.5. The average molecular weight is 394 g/mol. The molecule has 9 heteroatoms. The molecule has 0 bridgehead atoms. The fourth-order valence-corrected chi connectivity index (χ4v) is 3.02. The first-order valence-corrected chi connectivity index (χ1v) is 10.2. The lowest BCUT2D eigenvalue weighted by Gasteiger charge is -2.13. The van der Waals surface area contributed by atoms with Gasteiger partial charge in [-0.15, -0.1) is 0 Å². The molecule has 1 heterocycles. The van der Waals surface area contributed by atoms with Crippen LogP contribution in [0.5, 0.6) is 0 Å². The van der Waals surface area contributed by atoms with E-state index in [0.717, 1.165) is 6.26 Å². The van der Waals surface area contributed by atoms with E-state index in [1.807, 2.05) is 13.8 Å². The van der Waals surface area contributed by atoms with Crippen molar-refractivity contribution in [1.82, 2.24) is 5.16 Å². The first-order valence-electron chi connectivity index (χ1n) is 8.28. The lowest BCUT2D eigenvalue weighted by molar-refractivity contribution is 0.0315. The molecular weight excluding hydrogens is 372 g/mol. The van der Waals surface area contributed by atoms with Gasteiger partial charge >= 0.3 is 5.97 Å². The number of ether oxygens (including phenoxy) is 1. The van der Waals surface area contributed by atoms with Crippen LogP contribution in [0.15, 0.2) is 28.8 Å². The number of hydrogen-bond acceptors (Lipinski definition) is 7. The van der Waals surface area contributed by atoms with Crippen molar-refractivity contribution in [3.63, 3.8) is 0 Å². The molecule has 0 radical (unpaired) electrons. The zero-order chi connectivity index (χ0) is 20.4. The highest BCUT2D eigenvalue weighted by Gasteiger charge is 2.27. The zero-order valence-corrected chi connectivity index (χ0v) is 16.6. The molecule has 0 aliphatic carbocycles. The van der Waals surface area contributed by atoms with Gasteiger partial charge in [-0.3, -0.25) is 9.52 Å². The monoisotopic (exact) mass is 394 g/mol. The van der Waals surface area contributed by atoms with Gasteiger partial charge in [0, 0.05) is 17.2 Å². The van der Waals surface area contributed by atoms with Gasteiger partial charge in [-0.1, -0.05) is 19.0 Å². The molecule has 0 amide bonds. The molecule has 0 fully saturated rings. The summed E-state index contributed by atoms with van der Waals surface area (Å²) in [5.74, 6) is -0.730. The van der Waals surface area contributed by atoms with Crippen molar-refractivity contribution in [3.05, 3.63) is 46.8 Å². The standard InChI is InChI=1S/C18H22N2O6S/c1-10(2)17-15(11(3)19-26-17)18(22)25-12(4)16(21)13-6-8-14(9-7-13)20-27(5,23)24/h6-10,12,20H,1-5H3/t12-/m1/s1. The lowest BCUT2D eigenvalue weighted by Crippen LogP contribution is -2.25. The minimum absolute atomic E-state index is 0.0605. The molecule has 1 aromatic carbocycles. The number of aromatic nitrogens is 1. The SMILES string of the molecule is Cc1noc(C(C)C)c1C(=O)O[C@H](C)C(=O)c1ccc(NS(C)(=O)=O)cc1. The van der Waals surface area contributed by atoms with Crippen LogP contribution in [-0.2, 0) is 14.8 Å². The van der Waals surface area contributed by atoms with Gasteiger partial charge in [0.1, 0.15) is 5.56 Å². The highest BCUT2D eigenvalue weighted by Crippen LogP contribution is 2.24. The number of hydrogen-bond donors (Lipinski definition) is 1. The maximum absolute atomic E-state index is 12.5. The van der Waals surface area contributed by atoms with E-state index in [-0.39, 0.29) is 11.5 Å². The number of sulfonamides is 1. The Morgan fingerprint density at radius 2 is 1.74 bits per heavy atom. The number of nitrogens with one attached hydrogen (secondary N) is 1. The second-order valence-corrected chi connectivity index (χ2v) is 8.27. The van der Waals surface area contributed by atoms with Crippen LogP contribution in [0.25, 0.3) is 0 Å². The zero-order valence-electron chi connectivity index (χ0n) is 15.8. The van der Waals surface area contributed by atoms with Crippen molar-refractivity contribution < 1.29 is 27.3 Å². The van der Waals surface area contributed by atoms with Gasteiger partial charge in [0.2, 0.25) is 15.8 Å². The molecule has 0 aliphatic heterocycles. The molecule has 2 rings (SSSR count). The van der Waals surface area contributed by atoms with Crippen molar-refractivity contribution in [2.24, 2.45) is 0 Å². The van der Waals surface area contributed by atoms with E-state index < -0.39 is 27.9 Å². The Balaban J connectivity index is 2.12. The second-order valence-electron chi connectivity index (χ2n) is 6.53. The molecule has 27 heavy (non-hydrogen) atoms. The van der Waals surface area contributed by atoms with E-state index >= 15 is 0 Å². The third kappa shape index (κ3) is 5.16. The molecule has 0 saturated carbocycles. The summed E-state index contributed by atoms with van der Waals surface area (Å²) in [6.45, 7) is 6.82. The van der Waals surface area contributed by atoms with E-state index in [2.05, 4.69) is 9.88 Å². The van der Waals surface area contributed by atoms with Crippen LogP contribution in [0.2, 0.25) is 0 Å². The Kier molecular flexibility index (Phi) is 6.04. The highest BCUT2D eigenvalue weighted by atomic mass is 32.2. The molecule has 0 unspecified atom stereocenters. The minimum atomic E-state index is -3.40. The number of Topliss-reactive ketones (excluding diaryl/α,β-unsaturated/α-hetero) is 1. The van der Waals surface area contributed by atoms with Crippen LogP contribution in [0, 0.1) is 6.92 Å². The Bertz CT molecular complexity index is 945. The van der Waals surface area contributed by atoms with E-state index in [4.69, 9.17) is 9.26 Å². The molecule has 2 aromatic rings. The number of aryl methyl sites for hydroxylation is 1. The number of carbonyl (C=O) groups is 2. The molecule has 1 atom stereocenters. The summed E-state index contributed by atoms with van der Waals surface area (Å²) >= 11 is 0. The summed E-state index contributed by atoms with van der Waals surface area (Å²) in [6, 6.07) is 5.85. The maximum atomic E-state index is 12.5. The fraction of sp³-hybridized carbons (Fsp3) is 0.389. The topological polar surface area (TPSA) is 116 Å². The summed E-state index contributed by atoms with van der Waals surface area (Å²) in [4.78, 5) is 25.0. The van der Waals surface area contributed by atoms with Gasteiger partial charge in [-0.25, -0.2) is 13.2 Å². The van der Waals surface area contributed by atoms with Gasteiger partial charge in [0.15, 0.2) is 11.9 Å². The Hall–Kier alpha value is -2.68. The highest BCUT2D eigenvalue weighted by molar-refractivity contribution is 7.92. The summed E-state index contributed by atoms with van der Waals surface area (Å²) in [5, 5.41) is 3.79. The average Bonchev–Trinajstić information content (AvgIpc) is 2.95. The fourth-order valence-electron chi connectivity index (χ4n) is 2.45. The molecular formula is C18H22N2O6S. The van der Waals surface area contributed by atoms with Crippen molar-refractivity contribution in [2.45, 2.75) is 39.7 Å². The van der Waals surface area contributed by atoms with Crippen molar-refractivity contribution in [3.8, 4) is 0 Å². The van der Waals surface area contributed by atoms with Crippen LogP contribution < -0.4 is 4.72 Å². The number of ketones is 1. The smallest absolute Gasteiger partial charge is 0.344 e. The summed E-state index contributed by atoms with van der Waals surface area (Å²) in [6.07, 6.45) is 0.00616. The largest absolute Gasteiger partial charge is 0.451 e. The van der Waals surface area contributed by atoms with Crippen LogP contribution >= 0.6 is 0 Å². The first kappa shape index (κ1) is 20.6. The minimum Gasteiger partial charge on any atom is -0.451 e. The molecule has 146 valence electrons. The number of rotatable bonds is 7. The Morgan fingerprint density at radius 3 is 2.26 bits per heavy atom. The lowest BCUT2D eigenvalue weighted by atomic mass is 10.0. The summed E-state index contributed by atoms with van der Waals surface area (Å²) in [7, 11) is -3.40. The van der Waals surface area contributed by atoms with Gasteiger partial charge in [0.25, 0.3) is 0 Å². The number of anilines is 1. The number of benzene rings is 1. The maximum Gasteiger partial charge on any atom is 0.344 e. The molecule has 1 aromatic heterocycles. The molecule has 0 saturated heterocycles. The summed E-state index contributed by atoms with van der Waals surface area (Å²) < 4.78 is 35.2. The molecule has 0 spiro atoms. The third-order valence-electron chi connectivity index (χ3n) is 3.74. The van der Waals surface area contributed by atoms with E-state index in [0.29, 0.717) is 22.7 Å². The second kappa shape index (κ2) is 7.91. The third-order valence-corrected chi connectivity index (χ3v) is 4.35. The van der Waals surface area contributed by atoms with Crippen LogP contribution in [0.4, 0.5) is 5.69 Å². The van der Waals surface area contributed by atoms with Crippen molar-refractivity contribution in [2.75, 3.05) is 11.0 Å². The number of nitrogens with zero attached hydrogens (tertiary/aromatic N) is 1. The predicted octanol–water partition coefficient (Wildman–Crippen LogP) is 2.91. The number of esters is 1. The van der Waals surface area contributed by atoms with Gasteiger partial charge < -0.3 is 9.26 Å². The predicted molar refractivity (Wildman–Crippen MR) is 99.4 cm³/mol. The normalized spacial score (nSPS) is 12.7. The van der Waals surface area contributed by atoms with Crippen LogP contribution in [-0.4, -0.2) is 37.7 Å². The quantitative estimate of drug-likeness (QED) is 0.567. The Labute approximate surface area is 157 Å². The van der Waals surface area contributed by atoms with Crippen LogP contribution in [0.1, 0.15) is 58.9 Å². The van der Waals surface area contributed by atoms with Gasteiger partial charge in [-0.05, 0) is 38.1 Å². The molecule has 8 nitrogen and oxygen atoms in total.